The first kappa shape index (κ1) is 42.8. The molecule has 0 N–H and O–H groups in total. The van der Waals surface area contributed by atoms with Crippen LogP contribution in [0.4, 0.5) is 0 Å². The molecule has 1 aromatic rings. The molecule has 0 bridgehead atoms. The van der Waals surface area contributed by atoms with Crippen LogP contribution in [0, 0.1) is 35.0 Å². The maximum Gasteiger partial charge on any atom is 0.0992 e. The van der Waals surface area contributed by atoms with Crippen LogP contribution in [0.15, 0.2) is 18.3 Å². The summed E-state index contributed by atoms with van der Waals surface area (Å²) in [6, 6.07) is 5.75. The zero-order valence-electron chi connectivity index (χ0n) is 32.8. The summed E-state index contributed by atoms with van der Waals surface area (Å²) in [4.78, 5) is 6.64. The Morgan fingerprint density at radius 1 is 0.521 bits per heavy atom. The van der Waals surface area contributed by atoms with Crippen molar-refractivity contribution in [2.75, 3.05) is 13.1 Å². The van der Waals surface area contributed by atoms with E-state index in [1.165, 1.54) is 142 Å². The molecule has 48 heavy (non-hydrogen) atoms. The fourth-order valence-corrected chi connectivity index (χ4v) is 9.29. The van der Waals surface area contributed by atoms with Gasteiger partial charge in [0.25, 0.3) is 0 Å². The van der Waals surface area contributed by atoms with Gasteiger partial charge >= 0.3 is 0 Å². The van der Waals surface area contributed by atoms with E-state index in [-0.39, 0.29) is 0 Å². The summed E-state index contributed by atoms with van der Waals surface area (Å²) in [5, 5.41) is 8.73. The quantitative estimate of drug-likeness (QED) is 0.322. The Morgan fingerprint density at radius 3 is 1.15 bits per heavy atom. The first-order valence-corrected chi connectivity index (χ1v) is 21.9. The molecular formula is C45H81N3. The highest BCUT2D eigenvalue weighted by molar-refractivity contribution is 5.28. The zero-order valence-corrected chi connectivity index (χ0v) is 32.8. The van der Waals surface area contributed by atoms with E-state index in [1.54, 1.807) is 63.6 Å². The first-order chi connectivity index (χ1) is 23.8. The average Bonchev–Trinajstić information content (AvgIpc) is 3.72. The van der Waals surface area contributed by atoms with Crippen molar-refractivity contribution in [1.29, 1.82) is 5.26 Å². The van der Waals surface area contributed by atoms with E-state index in [2.05, 4.69) is 16.0 Å². The smallest absolute Gasteiger partial charge is 0.0992 e. The van der Waals surface area contributed by atoms with Gasteiger partial charge in [-0.3, -0.25) is 9.88 Å². The number of nitriles is 1. The SMILES string of the molecule is C1CCC(C2CCCCC2)CC1.C1CCC(C2CCCCC2)CC1.C1CCCCC1.CC.CC.N#Cc1ccnc(CN2CCCC2)c1. The summed E-state index contributed by atoms with van der Waals surface area (Å²) in [5.74, 6) is 4.55. The molecule has 5 saturated carbocycles. The molecule has 6 aliphatic rings. The number of hydrogen-bond acceptors (Lipinski definition) is 3. The maximum absolute atomic E-state index is 8.73. The Labute approximate surface area is 300 Å². The van der Waals surface area contributed by atoms with Gasteiger partial charge < -0.3 is 0 Å². The van der Waals surface area contributed by atoms with E-state index in [9.17, 15) is 0 Å². The summed E-state index contributed by atoms with van der Waals surface area (Å²) in [6.07, 6.45) is 44.1. The third-order valence-corrected chi connectivity index (χ3v) is 12.0. The predicted molar refractivity (Wildman–Crippen MR) is 210 cm³/mol. The van der Waals surface area contributed by atoms with Crippen molar-refractivity contribution in [3.8, 4) is 6.07 Å². The molecule has 2 heterocycles. The summed E-state index contributed by atoms with van der Waals surface area (Å²) in [5.41, 5.74) is 1.71. The standard InChI is InChI=1S/2C12H22.C11H13N3.C6H12.2C2H6/c2*1-3-7-11(8-4-1)12-9-5-2-6-10-12;12-8-10-3-4-13-11(7-10)9-14-5-1-2-6-14;1-2-4-6-5-3-1;2*1-2/h2*11-12H,1-10H2;3-4,7H,1-2,5-6,9H2;1-6H2;2*1-2H3. The molecule has 0 unspecified atom stereocenters. The van der Waals surface area contributed by atoms with Gasteiger partial charge in [-0.15, -0.1) is 0 Å². The second-order valence-corrected chi connectivity index (χ2v) is 15.3. The topological polar surface area (TPSA) is 39.9 Å². The number of pyridine rings is 1. The van der Waals surface area contributed by atoms with Crippen LogP contribution in [0.3, 0.4) is 0 Å². The van der Waals surface area contributed by atoms with Crippen molar-refractivity contribution in [3.63, 3.8) is 0 Å². The highest BCUT2D eigenvalue weighted by Crippen LogP contribution is 2.39. The van der Waals surface area contributed by atoms with Gasteiger partial charge in [-0.1, -0.05) is 195 Å². The van der Waals surface area contributed by atoms with Crippen LogP contribution in [-0.4, -0.2) is 23.0 Å². The molecule has 0 spiro atoms. The third-order valence-electron chi connectivity index (χ3n) is 12.0. The third kappa shape index (κ3) is 18.6. The zero-order chi connectivity index (χ0) is 34.5. The van der Waals surface area contributed by atoms with Gasteiger partial charge in [0, 0.05) is 12.7 Å². The van der Waals surface area contributed by atoms with Crippen molar-refractivity contribution in [2.45, 2.75) is 214 Å². The first-order valence-electron chi connectivity index (χ1n) is 21.9. The Kier molecular flexibility index (Phi) is 26.1. The van der Waals surface area contributed by atoms with E-state index in [4.69, 9.17) is 5.26 Å². The van der Waals surface area contributed by atoms with Crippen LogP contribution in [-0.2, 0) is 6.54 Å². The van der Waals surface area contributed by atoms with E-state index in [0.717, 1.165) is 35.9 Å². The van der Waals surface area contributed by atoms with Crippen LogP contribution in [0.5, 0.6) is 0 Å². The van der Waals surface area contributed by atoms with E-state index in [1.807, 2.05) is 33.8 Å². The molecule has 0 radical (unpaired) electrons. The fourth-order valence-electron chi connectivity index (χ4n) is 9.29. The minimum Gasteiger partial charge on any atom is -0.298 e. The van der Waals surface area contributed by atoms with Gasteiger partial charge in [0.05, 0.1) is 17.3 Å². The van der Waals surface area contributed by atoms with Gasteiger partial charge in [0.1, 0.15) is 0 Å². The lowest BCUT2D eigenvalue weighted by molar-refractivity contribution is 0.196. The monoisotopic (exact) mass is 664 g/mol. The molecule has 3 heteroatoms. The van der Waals surface area contributed by atoms with Crippen molar-refractivity contribution in [3.05, 3.63) is 29.6 Å². The number of nitrogens with zero attached hydrogens (tertiary/aromatic N) is 3. The molecule has 1 aromatic heterocycles. The molecule has 0 amide bonds. The number of rotatable bonds is 4. The highest BCUT2D eigenvalue weighted by atomic mass is 15.1. The second-order valence-electron chi connectivity index (χ2n) is 15.3. The normalized spacial score (nSPS) is 22.6. The van der Waals surface area contributed by atoms with Gasteiger partial charge in [0.15, 0.2) is 0 Å². The van der Waals surface area contributed by atoms with Crippen molar-refractivity contribution in [2.24, 2.45) is 23.7 Å². The lowest BCUT2D eigenvalue weighted by atomic mass is 9.73. The van der Waals surface area contributed by atoms with Crippen LogP contribution >= 0.6 is 0 Å². The minimum atomic E-state index is 0.703. The van der Waals surface area contributed by atoms with Crippen molar-refractivity contribution >= 4 is 0 Å². The highest BCUT2D eigenvalue weighted by Gasteiger charge is 2.25. The van der Waals surface area contributed by atoms with Gasteiger partial charge in [-0.05, 0) is 61.7 Å². The second kappa shape index (κ2) is 29.3. The maximum atomic E-state index is 8.73. The lowest BCUT2D eigenvalue weighted by Gasteiger charge is -2.32. The van der Waals surface area contributed by atoms with E-state index in [0.29, 0.717) is 5.56 Å². The molecule has 5 aliphatic carbocycles. The Morgan fingerprint density at radius 2 is 0.833 bits per heavy atom. The van der Waals surface area contributed by atoms with Crippen LogP contribution in [0.2, 0.25) is 0 Å². The van der Waals surface area contributed by atoms with Crippen molar-refractivity contribution < 1.29 is 0 Å². The van der Waals surface area contributed by atoms with E-state index < -0.39 is 0 Å². The number of aromatic nitrogens is 1. The summed E-state index contributed by atoms with van der Waals surface area (Å²) >= 11 is 0. The fraction of sp³-hybridized carbons (Fsp3) is 0.867. The summed E-state index contributed by atoms with van der Waals surface area (Å²) in [7, 11) is 0. The van der Waals surface area contributed by atoms with E-state index >= 15 is 0 Å². The number of hydrogen-bond donors (Lipinski definition) is 0. The van der Waals surface area contributed by atoms with Crippen LogP contribution < -0.4 is 0 Å². The molecule has 1 aliphatic heterocycles. The molecular weight excluding hydrogens is 583 g/mol. The molecule has 6 fully saturated rings. The Balaban J connectivity index is 0.000000220. The average molecular weight is 664 g/mol. The van der Waals surface area contributed by atoms with Crippen LogP contribution in [0.25, 0.3) is 0 Å². The molecule has 276 valence electrons. The lowest BCUT2D eigenvalue weighted by Crippen LogP contribution is -2.20. The van der Waals surface area contributed by atoms with Crippen molar-refractivity contribution in [1.82, 2.24) is 9.88 Å². The molecule has 1 saturated heterocycles. The van der Waals surface area contributed by atoms with Gasteiger partial charge in [0.2, 0.25) is 0 Å². The number of likely N-dealkylation sites (tertiary alicyclic amines) is 1. The summed E-state index contributed by atoms with van der Waals surface area (Å²) < 4.78 is 0. The van der Waals surface area contributed by atoms with Crippen LogP contribution in [0.1, 0.15) is 219 Å². The summed E-state index contributed by atoms with van der Waals surface area (Å²) in [6.45, 7) is 11.2. The predicted octanol–water partition coefficient (Wildman–Crippen LogP) is 14.2. The van der Waals surface area contributed by atoms with Gasteiger partial charge in [-0.25, -0.2) is 0 Å². The Hall–Kier alpha value is -1.40. The molecule has 0 atom stereocenters. The molecule has 0 aromatic carbocycles. The Bertz CT molecular complexity index is 796. The molecule has 3 nitrogen and oxygen atoms in total. The molecule has 7 rings (SSSR count). The minimum absolute atomic E-state index is 0.703. The van der Waals surface area contributed by atoms with Gasteiger partial charge in [-0.2, -0.15) is 5.26 Å². The largest absolute Gasteiger partial charge is 0.298 e.